The Bertz CT molecular complexity index is 361. The average molecular weight is 306 g/mol. The number of esters is 3. The Hall–Kier alpha value is -1.41. The topological polar surface area (TPSA) is 88.1 Å². The highest BCUT2D eigenvalue weighted by molar-refractivity contribution is 6.69. The summed E-state index contributed by atoms with van der Waals surface area (Å²) in [7, 11) is 1.42. The highest BCUT2D eigenvalue weighted by Crippen LogP contribution is 2.21. The van der Waals surface area contributed by atoms with E-state index in [0.29, 0.717) is 0 Å². The van der Waals surface area contributed by atoms with Gasteiger partial charge in [-0.3, -0.25) is 9.59 Å². The van der Waals surface area contributed by atoms with Crippen molar-refractivity contribution in [3.63, 3.8) is 0 Å². The smallest absolute Gasteiger partial charge is 0.334 e. The first kappa shape index (κ1) is 18.6. The third kappa shape index (κ3) is 6.16. The van der Waals surface area contributed by atoms with Crippen LogP contribution in [0, 0.1) is 5.92 Å². The highest BCUT2D eigenvalue weighted by Gasteiger charge is 2.40. The molecule has 0 aliphatic carbocycles. The largest absolute Gasteiger partial charge is 0.469 e. The van der Waals surface area contributed by atoms with Crippen LogP contribution in [0.25, 0.3) is 0 Å². The maximum atomic E-state index is 11.8. The summed E-state index contributed by atoms with van der Waals surface area (Å²) < 4.78 is 19.5. The standard InChI is InChI=1S/C12H22O7Si/c1-16-9(13)7-8(11(14)17-2)10(12(15)18-3)19-20(4,5)6/h8,10H,7H2,1-6H3. The van der Waals surface area contributed by atoms with Gasteiger partial charge in [-0.1, -0.05) is 0 Å². The first-order valence-corrected chi connectivity index (χ1v) is 9.47. The van der Waals surface area contributed by atoms with E-state index in [1.54, 1.807) is 0 Å². The first-order valence-electron chi connectivity index (χ1n) is 6.06. The van der Waals surface area contributed by atoms with Crippen LogP contribution < -0.4 is 0 Å². The van der Waals surface area contributed by atoms with Crippen LogP contribution in [0.4, 0.5) is 0 Å². The van der Waals surface area contributed by atoms with Gasteiger partial charge in [-0.2, -0.15) is 0 Å². The number of rotatable bonds is 7. The Morgan fingerprint density at radius 2 is 1.40 bits per heavy atom. The molecule has 8 heteroatoms. The van der Waals surface area contributed by atoms with Crippen LogP contribution in [-0.2, 0) is 33.0 Å². The molecule has 0 aliphatic heterocycles. The second-order valence-electron chi connectivity index (χ2n) is 5.08. The van der Waals surface area contributed by atoms with Crippen molar-refractivity contribution < 1.29 is 33.0 Å². The molecule has 0 radical (unpaired) electrons. The summed E-state index contributed by atoms with van der Waals surface area (Å²) in [5.74, 6) is -3.16. The molecule has 2 unspecified atom stereocenters. The second kappa shape index (κ2) is 8.00. The van der Waals surface area contributed by atoms with Gasteiger partial charge in [-0.25, -0.2) is 4.79 Å². The molecular formula is C12H22O7Si. The molecule has 0 N–H and O–H groups in total. The lowest BCUT2D eigenvalue weighted by Crippen LogP contribution is -2.45. The molecule has 0 saturated carbocycles. The zero-order valence-electron chi connectivity index (χ0n) is 12.7. The minimum atomic E-state index is -2.14. The van der Waals surface area contributed by atoms with Crippen molar-refractivity contribution in [2.75, 3.05) is 21.3 Å². The molecular weight excluding hydrogens is 284 g/mol. The Balaban J connectivity index is 5.33. The molecule has 0 bridgehead atoms. The fourth-order valence-electron chi connectivity index (χ4n) is 1.52. The van der Waals surface area contributed by atoms with Crippen LogP contribution in [0.5, 0.6) is 0 Å². The van der Waals surface area contributed by atoms with E-state index in [0.717, 1.165) is 0 Å². The fraction of sp³-hybridized carbons (Fsp3) is 0.750. The molecule has 0 amide bonds. The first-order chi connectivity index (χ1) is 9.16. The lowest BCUT2D eigenvalue weighted by atomic mass is 9.99. The van der Waals surface area contributed by atoms with Crippen molar-refractivity contribution in [2.45, 2.75) is 32.2 Å². The monoisotopic (exact) mass is 306 g/mol. The van der Waals surface area contributed by atoms with Gasteiger partial charge in [0, 0.05) is 0 Å². The van der Waals surface area contributed by atoms with Crippen molar-refractivity contribution in [1.82, 2.24) is 0 Å². The minimum absolute atomic E-state index is 0.312. The molecule has 20 heavy (non-hydrogen) atoms. The van der Waals surface area contributed by atoms with Crippen LogP contribution in [-0.4, -0.2) is 53.7 Å². The van der Waals surface area contributed by atoms with Crippen molar-refractivity contribution in [1.29, 1.82) is 0 Å². The number of carbonyl (C=O) groups excluding carboxylic acids is 3. The van der Waals surface area contributed by atoms with Gasteiger partial charge >= 0.3 is 17.9 Å². The zero-order valence-corrected chi connectivity index (χ0v) is 13.7. The predicted octanol–water partition coefficient (Wildman–Crippen LogP) is 0.732. The Kier molecular flexibility index (Phi) is 7.44. The molecule has 0 rings (SSSR count). The lowest BCUT2D eigenvalue weighted by molar-refractivity contribution is -0.165. The van der Waals surface area contributed by atoms with Crippen molar-refractivity contribution in [3.05, 3.63) is 0 Å². The third-order valence-electron chi connectivity index (χ3n) is 2.40. The molecule has 116 valence electrons. The van der Waals surface area contributed by atoms with Crippen molar-refractivity contribution in [3.8, 4) is 0 Å². The van der Waals surface area contributed by atoms with E-state index in [2.05, 4.69) is 14.2 Å². The molecule has 0 saturated heterocycles. The maximum Gasteiger partial charge on any atom is 0.334 e. The summed E-state index contributed by atoms with van der Waals surface area (Å²) >= 11 is 0. The summed E-state index contributed by atoms with van der Waals surface area (Å²) in [6, 6.07) is 0. The normalized spacial score (nSPS) is 14.1. The van der Waals surface area contributed by atoms with Crippen LogP contribution in [0.2, 0.25) is 19.6 Å². The summed E-state index contributed by atoms with van der Waals surface area (Å²) in [4.78, 5) is 35.0. The minimum Gasteiger partial charge on any atom is -0.469 e. The second-order valence-corrected chi connectivity index (χ2v) is 9.54. The molecule has 0 aromatic carbocycles. The summed E-state index contributed by atoms with van der Waals surface area (Å²) in [6.07, 6.45) is -1.49. The van der Waals surface area contributed by atoms with Gasteiger partial charge in [0.15, 0.2) is 14.4 Å². The van der Waals surface area contributed by atoms with Crippen LogP contribution in [0.1, 0.15) is 6.42 Å². The molecule has 0 aromatic rings. The van der Waals surface area contributed by atoms with E-state index in [1.165, 1.54) is 21.3 Å². The highest BCUT2D eigenvalue weighted by atomic mass is 28.4. The predicted molar refractivity (Wildman–Crippen MR) is 72.4 cm³/mol. The Morgan fingerprint density at radius 1 is 0.900 bits per heavy atom. The lowest BCUT2D eigenvalue weighted by Gasteiger charge is -2.28. The van der Waals surface area contributed by atoms with Gasteiger partial charge in [-0.05, 0) is 19.6 Å². The van der Waals surface area contributed by atoms with Gasteiger partial charge < -0.3 is 18.6 Å². The van der Waals surface area contributed by atoms with E-state index < -0.39 is 38.2 Å². The summed E-state index contributed by atoms with van der Waals surface area (Å²) in [6.45, 7) is 5.57. The third-order valence-corrected chi connectivity index (χ3v) is 3.36. The van der Waals surface area contributed by atoms with Crippen LogP contribution >= 0.6 is 0 Å². The van der Waals surface area contributed by atoms with E-state index >= 15 is 0 Å². The maximum absolute atomic E-state index is 11.8. The number of hydrogen-bond acceptors (Lipinski definition) is 7. The van der Waals surface area contributed by atoms with E-state index in [9.17, 15) is 14.4 Å². The SMILES string of the molecule is COC(=O)CC(C(=O)OC)C(O[Si](C)(C)C)C(=O)OC. The van der Waals surface area contributed by atoms with Crippen molar-refractivity contribution >= 4 is 26.2 Å². The Labute approximate surface area is 119 Å². The van der Waals surface area contributed by atoms with Gasteiger partial charge in [0.1, 0.15) is 5.92 Å². The summed E-state index contributed by atoms with van der Waals surface area (Å²) in [5.41, 5.74) is 0. The molecule has 0 aliphatic rings. The molecule has 2 atom stereocenters. The van der Waals surface area contributed by atoms with E-state index in [4.69, 9.17) is 4.43 Å². The van der Waals surface area contributed by atoms with Gasteiger partial charge in [0.2, 0.25) is 0 Å². The van der Waals surface area contributed by atoms with Gasteiger partial charge in [-0.15, -0.1) is 0 Å². The molecule has 0 aromatic heterocycles. The zero-order chi connectivity index (χ0) is 15.9. The average Bonchev–Trinajstić information content (AvgIpc) is 2.39. The van der Waals surface area contributed by atoms with Gasteiger partial charge in [0.05, 0.1) is 27.8 Å². The van der Waals surface area contributed by atoms with Crippen molar-refractivity contribution in [2.24, 2.45) is 5.92 Å². The Morgan fingerprint density at radius 3 is 1.75 bits per heavy atom. The number of hydrogen-bond donors (Lipinski definition) is 0. The quantitative estimate of drug-likeness (QED) is 0.389. The molecule has 0 fully saturated rings. The molecule has 0 spiro atoms. The van der Waals surface area contributed by atoms with E-state index in [-0.39, 0.29) is 6.42 Å². The number of ether oxygens (including phenoxy) is 3. The molecule has 7 nitrogen and oxygen atoms in total. The van der Waals surface area contributed by atoms with E-state index in [1.807, 2.05) is 19.6 Å². The number of carbonyl (C=O) groups is 3. The molecule has 0 heterocycles. The number of methoxy groups -OCH3 is 3. The van der Waals surface area contributed by atoms with Gasteiger partial charge in [0.25, 0.3) is 0 Å². The fourth-order valence-corrected chi connectivity index (χ4v) is 2.54. The van der Waals surface area contributed by atoms with Crippen LogP contribution in [0.3, 0.4) is 0 Å². The van der Waals surface area contributed by atoms with Crippen LogP contribution in [0.15, 0.2) is 0 Å². The summed E-state index contributed by atoms with van der Waals surface area (Å²) in [5, 5.41) is 0.